The molecule has 15 nitrogen and oxygen atoms in total. The second-order valence-corrected chi connectivity index (χ2v) is 25.9. The second-order valence-electron chi connectivity index (χ2n) is 25.9. The van der Waals surface area contributed by atoms with E-state index in [1.54, 1.807) is 0 Å². The van der Waals surface area contributed by atoms with Crippen LogP contribution in [-0.2, 0) is 19.3 Å². The van der Waals surface area contributed by atoms with Crippen molar-refractivity contribution in [2.24, 2.45) is 0 Å². The van der Waals surface area contributed by atoms with Gasteiger partial charge in [-0.25, -0.2) is 0 Å². The highest BCUT2D eigenvalue weighted by molar-refractivity contribution is 5.91. The lowest BCUT2D eigenvalue weighted by molar-refractivity contribution is 0.171. The molecule has 0 bridgehead atoms. The van der Waals surface area contributed by atoms with E-state index in [9.17, 15) is 14.4 Å². The zero-order chi connectivity index (χ0) is 65.7. The molecule has 0 radical (unpaired) electrons. The van der Waals surface area contributed by atoms with Gasteiger partial charge in [0, 0.05) is 52.9 Å². The molecule has 0 atom stereocenters. The van der Waals surface area contributed by atoms with Gasteiger partial charge >= 0.3 is 0 Å². The molecule has 9 aromatic rings. The Bertz CT molecular complexity index is 4070. The molecule has 3 saturated heterocycles. The molecule has 3 fully saturated rings. The standard InChI is InChI=1S/3C27H30N2O3/c3*1-2-19-16-22-17-20(6-8-24(22)28-27(19)30)23(10-13-29-11-4-3-5-12-29)21-7-9-25-26(18-21)32-15-14-31-25/h3*6-10,16-18H,2-5,11-15H2,1H3,(H,28,30)/b2*23-10+;23-10-. The number of piperidine rings is 3. The van der Waals surface area contributed by atoms with Crippen molar-refractivity contribution in [2.75, 3.05) is 98.5 Å². The summed E-state index contributed by atoms with van der Waals surface area (Å²) in [6.45, 7) is 19.2. The Morgan fingerprint density at radius 3 is 0.844 bits per heavy atom. The van der Waals surface area contributed by atoms with Gasteiger partial charge in [0.2, 0.25) is 0 Å². The molecule has 6 aliphatic rings. The third kappa shape index (κ3) is 15.7. The van der Waals surface area contributed by atoms with Crippen LogP contribution in [0.4, 0.5) is 0 Å². The topological polar surface area (TPSA) is 164 Å². The summed E-state index contributed by atoms with van der Waals surface area (Å²) in [5, 5.41) is 3.17. The molecule has 96 heavy (non-hydrogen) atoms. The summed E-state index contributed by atoms with van der Waals surface area (Å²) in [5.41, 5.74) is 15.4. The lowest BCUT2D eigenvalue weighted by Crippen LogP contribution is -2.29. The summed E-state index contributed by atoms with van der Waals surface area (Å²) >= 11 is 0. The van der Waals surface area contributed by atoms with E-state index in [-0.39, 0.29) is 16.7 Å². The van der Waals surface area contributed by atoms with Gasteiger partial charge < -0.3 is 43.4 Å². The Hall–Kier alpha value is -9.15. The van der Waals surface area contributed by atoms with E-state index in [1.165, 1.54) is 74.5 Å². The number of aromatic amines is 3. The van der Waals surface area contributed by atoms with E-state index >= 15 is 0 Å². The van der Waals surface area contributed by atoms with Crippen LogP contribution in [0.3, 0.4) is 0 Å². The third-order valence-corrected chi connectivity index (χ3v) is 19.4. The van der Waals surface area contributed by atoms with Crippen LogP contribution in [0.15, 0.2) is 160 Å². The first kappa shape index (κ1) is 65.5. The normalized spacial score (nSPS) is 17.0. The molecule has 6 aromatic carbocycles. The van der Waals surface area contributed by atoms with Crippen LogP contribution in [0.1, 0.15) is 129 Å². The average molecular weight is 1290 g/mol. The minimum Gasteiger partial charge on any atom is -0.486 e. The lowest BCUT2D eigenvalue weighted by atomic mass is 9.95. The first-order valence-corrected chi connectivity index (χ1v) is 35.1. The number of aromatic nitrogens is 3. The maximum Gasteiger partial charge on any atom is 0.251 e. The highest BCUT2D eigenvalue weighted by Crippen LogP contribution is 2.39. The van der Waals surface area contributed by atoms with Crippen LogP contribution in [0, 0.1) is 0 Å². The molecular formula is C81H90N6O9. The largest absolute Gasteiger partial charge is 0.486 e. The average Bonchev–Trinajstić information content (AvgIpc) is 0.825. The number of hydrogen-bond acceptors (Lipinski definition) is 12. The van der Waals surface area contributed by atoms with E-state index in [0.29, 0.717) is 39.6 Å². The number of H-pyrrole nitrogens is 3. The van der Waals surface area contributed by atoms with Crippen LogP contribution >= 0.6 is 0 Å². The van der Waals surface area contributed by atoms with Crippen LogP contribution in [0.25, 0.3) is 49.4 Å². The molecule has 6 aliphatic heterocycles. The fourth-order valence-electron chi connectivity index (χ4n) is 14.0. The summed E-state index contributed by atoms with van der Waals surface area (Å²) in [7, 11) is 0. The van der Waals surface area contributed by atoms with E-state index in [4.69, 9.17) is 28.4 Å². The highest BCUT2D eigenvalue weighted by atomic mass is 16.6. The number of hydrogen-bond donors (Lipinski definition) is 3. The first-order chi connectivity index (χ1) is 47.1. The third-order valence-electron chi connectivity index (χ3n) is 19.4. The van der Waals surface area contributed by atoms with Crippen molar-refractivity contribution in [3.63, 3.8) is 0 Å². The van der Waals surface area contributed by atoms with Crippen LogP contribution in [0.2, 0.25) is 0 Å². The molecule has 0 amide bonds. The Kier molecular flexibility index (Phi) is 21.3. The summed E-state index contributed by atoms with van der Waals surface area (Å²) in [6, 6.07) is 43.6. The molecule has 9 heterocycles. The maximum absolute atomic E-state index is 12.2. The van der Waals surface area contributed by atoms with Gasteiger partial charge in [-0.1, -0.05) is 94.7 Å². The van der Waals surface area contributed by atoms with E-state index in [2.05, 4.69) is 121 Å². The molecule has 0 aliphatic carbocycles. The Balaban J connectivity index is 0.000000130. The number of likely N-dealkylation sites (tertiary alicyclic amines) is 3. The van der Waals surface area contributed by atoms with Gasteiger partial charge in [-0.15, -0.1) is 0 Å². The molecule has 0 saturated carbocycles. The smallest absolute Gasteiger partial charge is 0.251 e. The monoisotopic (exact) mass is 1290 g/mol. The van der Waals surface area contributed by atoms with E-state index in [0.717, 1.165) is 195 Å². The number of nitrogens with zero attached hydrogens (tertiary/aromatic N) is 3. The Labute approximate surface area is 562 Å². The summed E-state index contributed by atoms with van der Waals surface area (Å²) in [4.78, 5) is 53.3. The predicted molar refractivity (Wildman–Crippen MR) is 386 cm³/mol. The minimum absolute atomic E-state index is 0.000417. The van der Waals surface area contributed by atoms with Crippen molar-refractivity contribution in [3.8, 4) is 34.5 Å². The number of pyridine rings is 3. The fraction of sp³-hybridized carbons (Fsp3) is 0.370. The summed E-state index contributed by atoms with van der Waals surface area (Å²) < 4.78 is 34.7. The lowest BCUT2D eigenvalue weighted by Gasteiger charge is -2.25. The van der Waals surface area contributed by atoms with Gasteiger partial charge in [-0.3, -0.25) is 29.1 Å². The number of nitrogens with one attached hydrogen (secondary N) is 3. The van der Waals surface area contributed by atoms with E-state index < -0.39 is 0 Å². The number of rotatable bonds is 15. The molecule has 3 N–H and O–H groups in total. The molecule has 498 valence electrons. The maximum atomic E-state index is 12.2. The van der Waals surface area contributed by atoms with Crippen molar-refractivity contribution in [2.45, 2.75) is 97.8 Å². The van der Waals surface area contributed by atoms with Gasteiger partial charge in [0.1, 0.15) is 39.6 Å². The van der Waals surface area contributed by atoms with Gasteiger partial charge in [0.25, 0.3) is 16.7 Å². The van der Waals surface area contributed by atoms with Crippen molar-refractivity contribution >= 4 is 49.4 Å². The van der Waals surface area contributed by atoms with Crippen molar-refractivity contribution < 1.29 is 28.4 Å². The quantitative estimate of drug-likeness (QED) is 0.0891. The highest BCUT2D eigenvalue weighted by Gasteiger charge is 2.21. The molecular weight excluding hydrogens is 1200 g/mol. The van der Waals surface area contributed by atoms with Gasteiger partial charge in [-0.2, -0.15) is 0 Å². The number of benzene rings is 6. The molecule has 15 rings (SSSR count). The van der Waals surface area contributed by atoms with Crippen LogP contribution in [0.5, 0.6) is 34.5 Å². The summed E-state index contributed by atoms with van der Waals surface area (Å²) in [5.74, 6) is 4.82. The van der Waals surface area contributed by atoms with Gasteiger partial charge in [-0.05, 0) is 254 Å². The van der Waals surface area contributed by atoms with Crippen molar-refractivity contribution in [1.82, 2.24) is 29.7 Å². The molecule has 0 unspecified atom stereocenters. The van der Waals surface area contributed by atoms with E-state index in [1.807, 2.05) is 75.4 Å². The Morgan fingerprint density at radius 2 is 0.573 bits per heavy atom. The van der Waals surface area contributed by atoms with Gasteiger partial charge in [0.05, 0.1) is 0 Å². The predicted octanol–water partition coefficient (Wildman–Crippen LogP) is 14.3. The molecule has 15 heteroatoms. The Morgan fingerprint density at radius 1 is 0.323 bits per heavy atom. The number of aryl methyl sites for hydroxylation is 3. The first-order valence-electron chi connectivity index (χ1n) is 35.1. The van der Waals surface area contributed by atoms with Gasteiger partial charge in [0.15, 0.2) is 34.5 Å². The van der Waals surface area contributed by atoms with Crippen LogP contribution < -0.4 is 45.1 Å². The zero-order valence-corrected chi connectivity index (χ0v) is 56.0. The molecule has 3 aromatic heterocycles. The zero-order valence-electron chi connectivity index (χ0n) is 56.0. The second kappa shape index (κ2) is 31.2. The number of ether oxygens (including phenoxy) is 6. The van der Waals surface area contributed by atoms with Crippen molar-refractivity contribution in [3.05, 3.63) is 227 Å². The number of fused-ring (bicyclic) bond motifs is 6. The minimum atomic E-state index is 0.000417. The van der Waals surface area contributed by atoms with Crippen LogP contribution in [-0.4, -0.2) is 128 Å². The SMILES string of the molecule is CCc1cc2cc(/C(=C/CN3CCCCC3)c3ccc4c(c3)OCCO4)ccc2[nH]c1=O.CCc1cc2cc(/C(=C\CN3CCCCC3)c3ccc4c(c3)OCCO4)ccc2[nH]c1=O.CCc1cc2cc(/C(=C\CN3CCCCC3)c3ccc4c(c3)OCCO4)ccc2[nH]c1=O. The molecule has 0 spiro atoms. The van der Waals surface area contributed by atoms with Crippen molar-refractivity contribution in [1.29, 1.82) is 0 Å². The fourth-order valence-corrected chi connectivity index (χ4v) is 14.0. The summed E-state index contributed by atoms with van der Waals surface area (Å²) in [6.07, 6.45) is 20.8.